The average molecular weight is 226 g/mol. The molecule has 0 bridgehead atoms. The molecule has 0 aromatic carbocycles. The molecule has 3 heteroatoms. The summed E-state index contributed by atoms with van der Waals surface area (Å²) in [6.07, 6.45) is 4.12. The molecular formula is C13H26N2O. The van der Waals surface area contributed by atoms with E-state index in [1.807, 2.05) is 4.90 Å². The highest BCUT2D eigenvalue weighted by molar-refractivity contribution is 5.76. The van der Waals surface area contributed by atoms with Gasteiger partial charge >= 0.3 is 0 Å². The molecule has 0 aromatic rings. The summed E-state index contributed by atoms with van der Waals surface area (Å²) in [6.45, 7) is 8.05. The number of hydrogen-bond acceptors (Lipinski definition) is 2. The van der Waals surface area contributed by atoms with Gasteiger partial charge in [-0.2, -0.15) is 0 Å². The van der Waals surface area contributed by atoms with Crippen LogP contribution in [0.3, 0.4) is 0 Å². The topological polar surface area (TPSA) is 46.3 Å². The molecule has 0 saturated carbocycles. The van der Waals surface area contributed by atoms with Gasteiger partial charge in [0, 0.05) is 25.6 Å². The Bertz CT molecular complexity index is 228. The molecule has 0 radical (unpaired) electrons. The summed E-state index contributed by atoms with van der Waals surface area (Å²) in [5.74, 6) is 1.34. The first-order valence-electron chi connectivity index (χ1n) is 6.56. The number of piperidine rings is 1. The minimum Gasteiger partial charge on any atom is -0.341 e. The van der Waals surface area contributed by atoms with Gasteiger partial charge < -0.3 is 10.6 Å². The van der Waals surface area contributed by atoms with Crippen molar-refractivity contribution in [2.75, 3.05) is 13.1 Å². The fourth-order valence-corrected chi connectivity index (χ4v) is 2.55. The van der Waals surface area contributed by atoms with E-state index < -0.39 is 0 Å². The highest BCUT2D eigenvalue weighted by atomic mass is 16.2. The maximum absolute atomic E-state index is 12.0. The van der Waals surface area contributed by atoms with Crippen LogP contribution in [0.1, 0.15) is 46.5 Å². The molecule has 3 nitrogen and oxygen atoms in total. The van der Waals surface area contributed by atoms with Crippen LogP contribution >= 0.6 is 0 Å². The van der Waals surface area contributed by atoms with E-state index in [1.54, 1.807) is 0 Å². The van der Waals surface area contributed by atoms with E-state index >= 15 is 0 Å². The van der Waals surface area contributed by atoms with Gasteiger partial charge in [-0.1, -0.05) is 27.2 Å². The van der Waals surface area contributed by atoms with Crippen molar-refractivity contribution in [3.63, 3.8) is 0 Å². The van der Waals surface area contributed by atoms with E-state index in [-0.39, 0.29) is 11.9 Å². The van der Waals surface area contributed by atoms with Crippen molar-refractivity contribution in [1.82, 2.24) is 4.90 Å². The monoisotopic (exact) mass is 226 g/mol. The third-order valence-electron chi connectivity index (χ3n) is 3.20. The first kappa shape index (κ1) is 13.5. The minimum atomic E-state index is 0.182. The van der Waals surface area contributed by atoms with E-state index in [4.69, 9.17) is 5.73 Å². The van der Waals surface area contributed by atoms with Gasteiger partial charge in [0.25, 0.3) is 0 Å². The molecule has 1 rings (SSSR count). The van der Waals surface area contributed by atoms with Crippen LogP contribution in [-0.4, -0.2) is 29.9 Å². The van der Waals surface area contributed by atoms with Crippen LogP contribution in [0.5, 0.6) is 0 Å². The second-order valence-electron chi connectivity index (χ2n) is 5.55. The minimum absolute atomic E-state index is 0.182. The first-order valence-corrected chi connectivity index (χ1v) is 6.56. The molecule has 1 aliphatic rings. The quantitative estimate of drug-likeness (QED) is 0.797. The number of nitrogens with zero attached hydrogens (tertiary/aromatic N) is 1. The zero-order chi connectivity index (χ0) is 12.1. The van der Waals surface area contributed by atoms with E-state index in [0.717, 1.165) is 19.5 Å². The van der Waals surface area contributed by atoms with Crippen LogP contribution in [0.4, 0.5) is 0 Å². The Kier molecular flexibility index (Phi) is 5.26. The second kappa shape index (κ2) is 6.24. The van der Waals surface area contributed by atoms with E-state index in [0.29, 0.717) is 18.3 Å². The summed E-state index contributed by atoms with van der Waals surface area (Å²) in [5.41, 5.74) is 6.02. The zero-order valence-electron chi connectivity index (χ0n) is 10.9. The van der Waals surface area contributed by atoms with Gasteiger partial charge in [-0.05, 0) is 24.7 Å². The highest BCUT2D eigenvalue weighted by Gasteiger charge is 2.27. The lowest BCUT2D eigenvalue weighted by Crippen LogP contribution is -2.49. The Morgan fingerprint density at radius 3 is 2.69 bits per heavy atom. The van der Waals surface area contributed by atoms with Crippen molar-refractivity contribution in [2.24, 2.45) is 17.6 Å². The predicted molar refractivity (Wildman–Crippen MR) is 67.0 cm³/mol. The molecule has 1 heterocycles. The van der Waals surface area contributed by atoms with Gasteiger partial charge in [0.15, 0.2) is 0 Å². The molecule has 1 amide bonds. The lowest BCUT2D eigenvalue weighted by atomic mass is 9.90. The summed E-state index contributed by atoms with van der Waals surface area (Å²) >= 11 is 0. The van der Waals surface area contributed by atoms with Crippen molar-refractivity contribution in [1.29, 1.82) is 0 Å². The number of nitrogens with two attached hydrogens (primary N) is 1. The predicted octanol–water partition coefficient (Wildman–Crippen LogP) is 2.01. The fourth-order valence-electron chi connectivity index (χ4n) is 2.55. The van der Waals surface area contributed by atoms with Crippen LogP contribution in [0.15, 0.2) is 0 Å². The van der Waals surface area contributed by atoms with Crippen LogP contribution in [0, 0.1) is 11.8 Å². The van der Waals surface area contributed by atoms with Crippen LogP contribution < -0.4 is 5.73 Å². The summed E-state index contributed by atoms with van der Waals surface area (Å²) in [6, 6.07) is 0.182. The normalized spacial score (nSPS) is 26.2. The number of rotatable bonds is 4. The van der Waals surface area contributed by atoms with Gasteiger partial charge in [0.2, 0.25) is 5.91 Å². The Morgan fingerprint density at radius 1 is 1.44 bits per heavy atom. The van der Waals surface area contributed by atoms with Gasteiger partial charge in [-0.25, -0.2) is 0 Å². The van der Waals surface area contributed by atoms with E-state index in [2.05, 4.69) is 20.8 Å². The lowest BCUT2D eigenvalue weighted by molar-refractivity contribution is -0.134. The molecule has 0 aliphatic carbocycles. The SMILES string of the molecule is CCCC1CC(N)CN(C(=O)CC(C)C)C1. The molecule has 0 spiro atoms. The molecule has 2 N–H and O–H groups in total. The van der Waals surface area contributed by atoms with Crippen molar-refractivity contribution >= 4 is 5.91 Å². The summed E-state index contributed by atoms with van der Waals surface area (Å²) < 4.78 is 0. The smallest absolute Gasteiger partial charge is 0.222 e. The second-order valence-corrected chi connectivity index (χ2v) is 5.55. The molecule has 1 aliphatic heterocycles. The Balaban J connectivity index is 2.49. The van der Waals surface area contributed by atoms with Crippen molar-refractivity contribution in [3.05, 3.63) is 0 Å². The van der Waals surface area contributed by atoms with Crippen molar-refractivity contribution in [2.45, 2.75) is 52.5 Å². The number of hydrogen-bond donors (Lipinski definition) is 1. The largest absolute Gasteiger partial charge is 0.341 e. The Morgan fingerprint density at radius 2 is 2.12 bits per heavy atom. The molecule has 2 unspecified atom stereocenters. The molecule has 94 valence electrons. The molecular weight excluding hydrogens is 200 g/mol. The standard InChI is InChI=1S/C13H26N2O/c1-4-5-11-7-12(14)9-15(8-11)13(16)6-10(2)3/h10-12H,4-9,14H2,1-3H3. The lowest BCUT2D eigenvalue weighted by Gasteiger charge is -2.36. The van der Waals surface area contributed by atoms with Crippen LogP contribution in [-0.2, 0) is 4.79 Å². The fraction of sp³-hybridized carbons (Fsp3) is 0.923. The van der Waals surface area contributed by atoms with Gasteiger partial charge in [0.1, 0.15) is 0 Å². The number of likely N-dealkylation sites (tertiary alicyclic amines) is 1. The molecule has 1 fully saturated rings. The Labute approximate surface area is 99.4 Å². The van der Waals surface area contributed by atoms with E-state index in [1.165, 1.54) is 12.8 Å². The Hall–Kier alpha value is -0.570. The summed E-state index contributed by atoms with van der Waals surface area (Å²) in [5, 5.41) is 0. The number of amides is 1. The maximum atomic E-state index is 12.0. The van der Waals surface area contributed by atoms with Gasteiger partial charge in [-0.15, -0.1) is 0 Å². The highest BCUT2D eigenvalue weighted by Crippen LogP contribution is 2.21. The third kappa shape index (κ3) is 4.12. The molecule has 0 aromatic heterocycles. The van der Waals surface area contributed by atoms with Crippen molar-refractivity contribution < 1.29 is 4.79 Å². The number of carbonyl (C=O) groups is 1. The first-order chi connectivity index (χ1) is 7.52. The summed E-state index contributed by atoms with van der Waals surface area (Å²) in [4.78, 5) is 14.0. The van der Waals surface area contributed by atoms with E-state index in [9.17, 15) is 4.79 Å². The zero-order valence-corrected chi connectivity index (χ0v) is 10.9. The third-order valence-corrected chi connectivity index (χ3v) is 3.20. The van der Waals surface area contributed by atoms with Crippen LogP contribution in [0.2, 0.25) is 0 Å². The molecule has 1 saturated heterocycles. The van der Waals surface area contributed by atoms with Crippen molar-refractivity contribution in [3.8, 4) is 0 Å². The summed E-state index contributed by atoms with van der Waals surface area (Å²) in [7, 11) is 0. The van der Waals surface area contributed by atoms with Crippen LogP contribution in [0.25, 0.3) is 0 Å². The van der Waals surface area contributed by atoms with Gasteiger partial charge in [0.05, 0.1) is 0 Å². The van der Waals surface area contributed by atoms with Gasteiger partial charge in [-0.3, -0.25) is 4.79 Å². The average Bonchev–Trinajstić information content (AvgIpc) is 2.16. The molecule has 16 heavy (non-hydrogen) atoms. The number of carbonyl (C=O) groups excluding carboxylic acids is 1. The maximum Gasteiger partial charge on any atom is 0.222 e. The molecule has 2 atom stereocenters.